The SMILES string of the molecule is C=C[C@@]1(CCO)CCN(C(C)c2ccc(-c3cccnc3)cc2)C(=O)O1. The van der Waals surface area contributed by atoms with E-state index in [1.807, 2.05) is 49.5 Å². The summed E-state index contributed by atoms with van der Waals surface area (Å²) in [5.74, 6) is 0. The van der Waals surface area contributed by atoms with Crippen LogP contribution in [0.5, 0.6) is 0 Å². The minimum Gasteiger partial charge on any atom is -0.438 e. The molecule has 0 spiro atoms. The number of hydrogen-bond donors (Lipinski definition) is 1. The van der Waals surface area contributed by atoms with E-state index in [-0.39, 0.29) is 18.7 Å². The Morgan fingerprint density at radius 1 is 1.35 bits per heavy atom. The number of benzene rings is 1. The number of aliphatic hydroxyl groups excluding tert-OH is 1. The topological polar surface area (TPSA) is 62.7 Å². The molecule has 2 atom stereocenters. The highest BCUT2D eigenvalue weighted by Crippen LogP contribution is 2.33. The maximum Gasteiger partial charge on any atom is 0.411 e. The predicted octanol–water partition coefficient (Wildman–Crippen LogP) is 3.96. The zero-order chi connectivity index (χ0) is 18.6. The quantitative estimate of drug-likeness (QED) is 0.800. The Kier molecular flexibility index (Phi) is 5.38. The van der Waals surface area contributed by atoms with E-state index in [9.17, 15) is 9.90 Å². The van der Waals surface area contributed by atoms with Crippen LogP contribution in [0.3, 0.4) is 0 Å². The molecular formula is C21H24N2O3. The monoisotopic (exact) mass is 352 g/mol. The average Bonchev–Trinajstić information content (AvgIpc) is 2.69. The van der Waals surface area contributed by atoms with E-state index in [1.54, 1.807) is 17.2 Å². The van der Waals surface area contributed by atoms with Gasteiger partial charge in [-0.05, 0) is 35.8 Å². The van der Waals surface area contributed by atoms with Crippen molar-refractivity contribution in [1.82, 2.24) is 9.88 Å². The van der Waals surface area contributed by atoms with Gasteiger partial charge in [0, 0.05) is 38.4 Å². The molecule has 1 aliphatic heterocycles. The molecule has 5 heteroatoms. The average molecular weight is 352 g/mol. The van der Waals surface area contributed by atoms with Gasteiger partial charge >= 0.3 is 6.09 Å². The third kappa shape index (κ3) is 3.63. The van der Waals surface area contributed by atoms with Gasteiger partial charge in [-0.3, -0.25) is 4.98 Å². The van der Waals surface area contributed by atoms with Gasteiger partial charge in [0.05, 0.1) is 6.04 Å². The van der Waals surface area contributed by atoms with Gasteiger partial charge in [-0.25, -0.2) is 4.79 Å². The Balaban J connectivity index is 1.73. The number of cyclic esters (lactones) is 1. The highest BCUT2D eigenvalue weighted by atomic mass is 16.6. The van der Waals surface area contributed by atoms with Crippen LogP contribution in [0.1, 0.15) is 31.4 Å². The molecule has 1 N–H and O–H groups in total. The summed E-state index contributed by atoms with van der Waals surface area (Å²) in [5.41, 5.74) is 2.43. The number of carbonyl (C=O) groups excluding carboxylic acids is 1. The first kappa shape index (κ1) is 18.1. The van der Waals surface area contributed by atoms with Crippen LogP contribution in [0, 0.1) is 0 Å². The molecule has 0 bridgehead atoms. The molecule has 0 aliphatic carbocycles. The maximum absolute atomic E-state index is 12.5. The summed E-state index contributed by atoms with van der Waals surface area (Å²) >= 11 is 0. The molecule has 0 radical (unpaired) electrons. The van der Waals surface area contributed by atoms with Gasteiger partial charge in [0.15, 0.2) is 0 Å². The summed E-state index contributed by atoms with van der Waals surface area (Å²) < 4.78 is 5.61. The van der Waals surface area contributed by atoms with Gasteiger partial charge in [0.25, 0.3) is 0 Å². The van der Waals surface area contributed by atoms with E-state index in [0.29, 0.717) is 19.4 Å². The lowest BCUT2D eigenvalue weighted by Crippen LogP contribution is -2.49. The molecule has 1 unspecified atom stereocenters. The first-order valence-electron chi connectivity index (χ1n) is 8.83. The lowest BCUT2D eigenvalue weighted by Gasteiger charge is -2.41. The molecule has 2 heterocycles. The normalized spacial score (nSPS) is 21.2. The molecule has 3 rings (SSSR count). The van der Waals surface area contributed by atoms with Crippen LogP contribution in [0.15, 0.2) is 61.4 Å². The molecule has 0 saturated carbocycles. The Hall–Kier alpha value is -2.66. The summed E-state index contributed by atoms with van der Waals surface area (Å²) in [5, 5.41) is 9.22. The highest BCUT2D eigenvalue weighted by Gasteiger charge is 2.39. The zero-order valence-electron chi connectivity index (χ0n) is 15.0. The number of carbonyl (C=O) groups is 1. The van der Waals surface area contributed by atoms with Gasteiger partial charge in [0.1, 0.15) is 5.60 Å². The fraction of sp³-hybridized carbons (Fsp3) is 0.333. The lowest BCUT2D eigenvalue weighted by molar-refractivity contribution is -0.0385. The Morgan fingerprint density at radius 3 is 2.69 bits per heavy atom. The van der Waals surface area contributed by atoms with Crippen molar-refractivity contribution in [3.63, 3.8) is 0 Å². The van der Waals surface area contributed by atoms with Crippen molar-refractivity contribution in [2.75, 3.05) is 13.2 Å². The number of aliphatic hydroxyl groups is 1. The molecule has 1 aromatic carbocycles. The highest BCUT2D eigenvalue weighted by molar-refractivity contribution is 5.70. The molecule has 2 aromatic rings. The minimum absolute atomic E-state index is 0.0370. The number of amides is 1. The number of hydrogen-bond acceptors (Lipinski definition) is 4. The predicted molar refractivity (Wildman–Crippen MR) is 101 cm³/mol. The van der Waals surface area contributed by atoms with E-state index in [1.165, 1.54) is 0 Å². The second-order valence-electron chi connectivity index (χ2n) is 6.59. The van der Waals surface area contributed by atoms with E-state index < -0.39 is 5.60 Å². The fourth-order valence-corrected chi connectivity index (χ4v) is 3.31. The summed E-state index contributed by atoms with van der Waals surface area (Å²) in [4.78, 5) is 18.4. The van der Waals surface area contributed by atoms with Crippen LogP contribution >= 0.6 is 0 Å². The third-order valence-corrected chi connectivity index (χ3v) is 5.06. The second-order valence-corrected chi connectivity index (χ2v) is 6.59. The Morgan fingerprint density at radius 2 is 2.12 bits per heavy atom. The summed E-state index contributed by atoms with van der Waals surface area (Å²) in [6.45, 7) is 6.29. The van der Waals surface area contributed by atoms with Crippen molar-refractivity contribution in [3.8, 4) is 11.1 Å². The molecule has 1 amide bonds. The summed E-state index contributed by atoms with van der Waals surface area (Å²) in [6.07, 6.45) is 5.85. The van der Waals surface area contributed by atoms with Crippen molar-refractivity contribution in [1.29, 1.82) is 0 Å². The first-order valence-corrected chi connectivity index (χ1v) is 8.83. The van der Waals surface area contributed by atoms with Crippen LogP contribution in [0.4, 0.5) is 4.79 Å². The third-order valence-electron chi connectivity index (χ3n) is 5.06. The molecule has 1 aromatic heterocycles. The van der Waals surface area contributed by atoms with Crippen molar-refractivity contribution in [3.05, 3.63) is 67.0 Å². The maximum atomic E-state index is 12.5. The second kappa shape index (κ2) is 7.70. The van der Waals surface area contributed by atoms with Gasteiger partial charge < -0.3 is 14.7 Å². The van der Waals surface area contributed by atoms with E-state index >= 15 is 0 Å². The van der Waals surface area contributed by atoms with Gasteiger partial charge in [-0.2, -0.15) is 0 Å². The van der Waals surface area contributed by atoms with Crippen LogP contribution in [0.2, 0.25) is 0 Å². The first-order chi connectivity index (χ1) is 12.6. The van der Waals surface area contributed by atoms with Crippen molar-refractivity contribution in [2.24, 2.45) is 0 Å². The summed E-state index contributed by atoms with van der Waals surface area (Å²) in [7, 11) is 0. The number of rotatable bonds is 6. The molecule has 5 nitrogen and oxygen atoms in total. The van der Waals surface area contributed by atoms with Crippen molar-refractivity contribution in [2.45, 2.75) is 31.4 Å². The van der Waals surface area contributed by atoms with Gasteiger partial charge in [-0.15, -0.1) is 0 Å². The zero-order valence-corrected chi connectivity index (χ0v) is 15.0. The van der Waals surface area contributed by atoms with Gasteiger partial charge in [-0.1, -0.05) is 36.9 Å². The van der Waals surface area contributed by atoms with Crippen molar-refractivity contribution < 1.29 is 14.6 Å². The van der Waals surface area contributed by atoms with Crippen molar-refractivity contribution >= 4 is 6.09 Å². The molecule has 1 aliphatic rings. The molecule has 1 saturated heterocycles. The Bertz CT molecular complexity index is 761. The minimum atomic E-state index is -0.758. The standard InChI is InChI=1S/C21H24N2O3/c1-3-21(11-14-24)10-13-23(20(25)26-21)16(2)17-6-8-18(9-7-17)19-5-4-12-22-15-19/h3-9,12,15-16,24H,1,10-11,13-14H2,2H3/t16?,21-/m0/s1. The smallest absolute Gasteiger partial charge is 0.411 e. The van der Waals surface area contributed by atoms with E-state index in [2.05, 4.69) is 11.6 Å². The largest absolute Gasteiger partial charge is 0.438 e. The summed E-state index contributed by atoms with van der Waals surface area (Å²) in [6, 6.07) is 12.0. The molecule has 1 fully saturated rings. The lowest BCUT2D eigenvalue weighted by atomic mass is 9.93. The number of nitrogens with zero attached hydrogens (tertiary/aromatic N) is 2. The van der Waals surface area contributed by atoms with Crippen LogP contribution in [0.25, 0.3) is 11.1 Å². The van der Waals surface area contributed by atoms with E-state index in [0.717, 1.165) is 16.7 Å². The Labute approximate surface area is 153 Å². The van der Waals surface area contributed by atoms with Crippen LogP contribution in [-0.4, -0.2) is 39.8 Å². The van der Waals surface area contributed by atoms with E-state index in [4.69, 9.17) is 4.74 Å². The van der Waals surface area contributed by atoms with Gasteiger partial charge in [0.2, 0.25) is 0 Å². The molecule has 26 heavy (non-hydrogen) atoms. The van der Waals surface area contributed by atoms with Crippen LogP contribution in [-0.2, 0) is 4.74 Å². The fourth-order valence-electron chi connectivity index (χ4n) is 3.31. The van der Waals surface area contributed by atoms with Crippen LogP contribution < -0.4 is 0 Å². The molecule has 136 valence electrons. The molecular weight excluding hydrogens is 328 g/mol. The number of pyridine rings is 1. The number of aromatic nitrogens is 1. The number of ether oxygens (including phenoxy) is 1.